The van der Waals surface area contributed by atoms with Crippen molar-refractivity contribution in [3.05, 3.63) is 69.5 Å². The highest BCUT2D eigenvalue weighted by molar-refractivity contribution is 7.88. The van der Waals surface area contributed by atoms with Crippen LogP contribution in [-0.4, -0.2) is 15.0 Å². The average molecular weight is 376 g/mol. The molecule has 0 atom stereocenters. The number of hydrogen-bond acceptors (Lipinski definition) is 2. The van der Waals surface area contributed by atoms with Gasteiger partial charge in [-0.2, -0.15) is 0 Å². The second-order valence-electron chi connectivity index (χ2n) is 5.12. The van der Waals surface area contributed by atoms with Gasteiger partial charge in [0.2, 0.25) is 10.0 Å². The molecule has 0 heterocycles. The van der Waals surface area contributed by atoms with Gasteiger partial charge in [-0.3, -0.25) is 0 Å². The molecule has 0 radical (unpaired) electrons. The van der Waals surface area contributed by atoms with Crippen LogP contribution in [0, 0.1) is 5.82 Å². The molecule has 7 heteroatoms. The van der Waals surface area contributed by atoms with E-state index in [1.54, 1.807) is 24.3 Å². The number of hydrogen-bond donors (Lipinski definition) is 1. The minimum atomic E-state index is -3.47. The fourth-order valence-corrected chi connectivity index (χ4v) is 3.84. The summed E-state index contributed by atoms with van der Waals surface area (Å²) in [4.78, 5) is 0. The van der Waals surface area contributed by atoms with Crippen LogP contribution in [0.15, 0.2) is 42.5 Å². The molecular weight excluding hydrogens is 360 g/mol. The largest absolute Gasteiger partial charge is 0.215 e. The molecule has 0 aliphatic carbocycles. The van der Waals surface area contributed by atoms with Crippen molar-refractivity contribution in [3.63, 3.8) is 0 Å². The second-order valence-corrected chi connectivity index (χ2v) is 7.77. The van der Waals surface area contributed by atoms with Crippen LogP contribution in [0.5, 0.6) is 0 Å². The van der Waals surface area contributed by atoms with Gasteiger partial charge in [0.25, 0.3) is 0 Å². The summed E-state index contributed by atoms with van der Waals surface area (Å²) in [5.74, 6) is -0.478. The van der Waals surface area contributed by atoms with Crippen LogP contribution in [0.3, 0.4) is 0 Å². The van der Waals surface area contributed by atoms with Crippen LogP contribution in [-0.2, 0) is 22.2 Å². The van der Waals surface area contributed by atoms with Gasteiger partial charge in [0.05, 0.1) is 5.75 Å². The van der Waals surface area contributed by atoms with Gasteiger partial charge in [0.15, 0.2) is 0 Å². The standard InChI is InChI=1S/C16H16Cl2FNO2S/c17-14-6-5-13(16(18)10-14)11-23(21,22)20-9-1-2-12-3-7-15(19)8-4-12/h3-8,10,20H,1-2,9,11H2. The Morgan fingerprint density at radius 3 is 2.39 bits per heavy atom. The lowest BCUT2D eigenvalue weighted by atomic mass is 10.1. The maximum atomic E-state index is 12.8. The fraction of sp³-hybridized carbons (Fsp3) is 0.250. The molecular formula is C16H16Cl2FNO2S. The van der Waals surface area contributed by atoms with E-state index in [1.807, 2.05) is 0 Å². The summed E-state index contributed by atoms with van der Waals surface area (Å²) in [6.07, 6.45) is 1.30. The maximum absolute atomic E-state index is 12.8. The molecule has 1 N–H and O–H groups in total. The number of sulfonamides is 1. The number of halogens is 3. The van der Waals surface area contributed by atoms with Crippen molar-refractivity contribution in [1.29, 1.82) is 0 Å². The summed E-state index contributed by atoms with van der Waals surface area (Å²) in [6.45, 7) is 0.310. The first-order valence-corrected chi connectivity index (χ1v) is 9.42. The van der Waals surface area contributed by atoms with Crippen LogP contribution in [0.4, 0.5) is 4.39 Å². The topological polar surface area (TPSA) is 46.2 Å². The van der Waals surface area contributed by atoms with E-state index in [4.69, 9.17) is 23.2 Å². The molecule has 0 aliphatic heterocycles. The van der Waals surface area contributed by atoms with Crippen molar-refractivity contribution in [2.45, 2.75) is 18.6 Å². The van der Waals surface area contributed by atoms with Crippen LogP contribution in [0.25, 0.3) is 0 Å². The lowest BCUT2D eigenvalue weighted by molar-refractivity contribution is 0.578. The molecule has 0 bridgehead atoms. The molecule has 23 heavy (non-hydrogen) atoms. The first kappa shape index (κ1) is 18.2. The summed E-state index contributed by atoms with van der Waals surface area (Å²) < 4.78 is 39.4. The predicted molar refractivity (Wildman–Crippen MR) is 91.8 cm³/mol. The monoisotopic (exact) mass is 375 g/mol. The third-order valence-corrected chi connectivity index (χ3v) is 5.16. The first-order valence-electron chi connectivity index (χ1n) is 7.01. The quantitative estimate of drug-likeness (QED) is 0.737. The predicted octanol–water partition coefficient (Wildman–Crippen LogP) is 4.18. The molecule has 2 rings (SSSR count). The summed E-state index contributed by atoms with van der Waals surface area (Å²) in [6, 6.07) is 10.9. The van der Waals surface area contributed by atoms with Gasteiger partial charge in [-0.05, 0) is 48.2 Å². The van der Waals surface area contributed by atoms with Crippen molar-refractivity contribution in [1.82, 2.24) is 4.72 Å². The smallest absolute Gasteiger partial charge is 0.215 e. The Bertz CT molecular complexity index is 764. The minimum absolute atomic E-state index is 0.195. The Morgan fingerprint density at radius 1 is 1.04 bits per heavy atom. The van der Waals surface area contributed by atoms with Crippen molar-refractivity contribution < 1.29 is 12.8 Å². The molecule has 124 valence electrons. The molecule has 0 unspecified atom stereocenters. The third-order valence-electron chi connectivity index (χ3n) is 3.24. The lowest BCUT2D eigenvalue weighted by Crippen LogP contribution is -2.26. The zero-order valence-corrected chi connectivity index (χ0v) is 14.6. The van der Waals surface area contributed by atoms with Crippen LogP contribution >= 0.6 is 23.2 Å². The highest BCUT2D eigenvalue weighted by Gasteiger charge is 2.13. The number of aryl methyl sites for hydroxylation is 1. The van der Waals surface area contributed by atoms with E-state index >= 15 is 0 Å². The van der Waals surface area contributed by atoms with E-state index in [0.29, 0.717) is 35.0 Å². The lowest BCUT2D eigenvalue weighted by Gasteiger charge is -2.08. The summed E-state index contributed by atoms with van der Waals surface area (Å²) >= 11 is 11.8. The second kappa shape index (κ2) is 8.11. The third kappa shape index (κ3) is 6.11. The molecule has 2 aromatic rings. The molecule has 0 amide bonds. The molecule has 0 aliphatic rings. The van der Waals surface area contributed by atoms with Crippen molar-refractivity contribution in [2.24, 2.45) is 0 Å². The Morgan fingerprint density at radius 2 is 1.74 bits per heavy atom. The highest BCUT2D eigenvalue weighted by atomic mass is 35.5. The zero-order valence-electron chi connectivity index (χ0n) is 12.2. The van der Waals surface area contributed by atoms with Gasteiger partial charge in [-0.25, -0.2) is 17.5 Å². The van der Waals surface area contributed by atoms with Crippen LogP contribution < -0.4 is 4.72 Å². The average Bonchev–Trinajstić information content (AvgIpc) is 2.48. The van der Waals surface area contributed by atoms with Gasteiger partial charge in [0, 0.05) is 16.6 Å². The highest BCUT2D eigenvalue weighted by Crippen LogP contribution is 2.22. The minimum Gasteiger partial charge on any atom is -0.215 e. The molecule has 0 saturated carbocycles. The molecule has 3 nitrogen and oxygen atoms in total. The van der Waals surface area contributed by atoms with Crippen molar-refractivity contribution >= 4 is 33.2 Å². The Kier molecular flexibility index (Phi) is 6.41. The van der Waals surface area contributed by atoms with E-state index in [9.17, 15) is 12.8 Å². The van der Waals surface area contributed by atoms with Crippen LogP contribution in [0.1, 0.15) is 17.5 Å². The normalized spacial score (nSPS) is 11.6. The molecule has 0 spiro atoms. The number of benzene rings is 2. The first-order chi connectivity index (χ1) is 10.9. The summed E-state index contributed by atoms with van der Waals surface area (Å²) in [5.41, 5.74) is 1.47. The van der Waals surface area contributed by atoms with Gasteiger partial charge in [0.1, 0.15) is 5.82 Å². The van der Waals surface area contributed by atoms with Gasteiger partial charge >= 0.3 is 0 Å². The molecule has 0 aromatic heterocycles. The zero-order chi connectivity index (χ0) is 16.9. The number of nitrogens with one attached hydrogen (secondary N) is 1. The van der Waals surface area contributed by atoms with E-state index in [0.717, 1.165) is 5.56 Å². The fourth-order valence-electron chi connectivity index (χ4n) is 2.07. The molecule has 0 fully saturated rings. The van der Waals surface area contributed by atoms with Gasteiger partial charge in [-0.15, -0.1) is 0 Å². The van der Waals surface area contributed by atoms with E-state index < -0.39 is 10.0 Å². The molecule has 2 aromatic carbocycles. The summed E-state index contributed by atoms with van der Waals surface area (Å²) in [7, 11) is -3.47. The Balaban J connectivity index is 1.83. The van der Waals surface area contributed by atoms with Crippen LogP contribution in [0.2, 0.25) is 10.0 Å². The number of rotatable bonds is 7. The Hall–Kier alpha value is -1.14. The summed E-state index contributed by atoms with van der Waals surface area (Å²) in [5, 5.41) is 0.789. The van der Waals surface area contributed by atoms with E-state index in [-0.39, 0.29) is 11.6 Å². The van der Waals surface area contributed by atoms with E-state index in [1.165, 1.54) is 18.2 Å². The van der Waals surface area contributed by atoms with Gasteiger partial charge < -0.3 is 0 Å². The SMILES string of the molecule is O=S(=O)(Cc1ccc(Cl)cc1Cl)NCCCc1ccc(F)cc1. The Labute approximate surface area is 145 Å². The molecule has 0 saturated heterocycles. The van der Waals surface area contributed by atoms with E-state index in [2.05, 4.69) is 4.72 Å². The maximum Gasteiger partial charge on any atom is 0.215 e. The van der Waals surface area contributed by atoms with Gasteiger partial charge in [-0.1, -0.05) is 41.4 Å². The van der Waals surface area contributed by atoms with Crippen molar-refractivity contribution in [3.8, 4) is 0 Å². The van der Waals surface area contributed by atoms with Crippen molar-refractivity contribution in [2.75, 3.05) is 6.54 Å².